The zero-order valence-electron chi connectivity index (χ0n) is 10.3. The molecule has 0 saturated carbocycles. The van der Waals surface area contributed by atoms with Gasteiger partial charge in [-0.05, 0) is 11.6 Å². The summed E-state index contributed by atoms with van der Waals surface area (Å²) in [6.45, 7) is 0.613. The first-order valence-electron chi connectivity index (χ1n) is 5.71. The molecular formula is C12H12N6O. The molecule has 3 rings (SSSR count). The van der Waals surface area contributed by atoms with Crippen LogP contribution in [-0.4, -0.2) is 37.1 Å². The van der Waals surface area contributed by atoms with Crippen LogP contribution in [0.15, 0.2) is 37.3 Å². The van der Waals surface area contributed by atoms with Gasteiger partial charge in [0.1, 0.15) is 12.7 Å². The molecule has 0 aliphatic rings. The standard InChI is InChI=1S/C12H12N6O/c1-19-12-11(10-4-15-16-5-10)2-9(3-14-12)6-18-8-13-7-17-18/h2-5,7-8H,6H2,1H3,(H,15,16). The van der Waals surface area contributed by atoms with Crippen LogP contribution in [0.2, 0.25) is 0 Å². The lowest BCUT2D eigenvalue weighted by Gasteiger charge is -2.08. The molecule has 96 valence electrons. The Morgan fingerprint density at radius 3 is 3.00 bits per heavy atom. The van der Waals surface area contributed by atoms with Crippen LogP contribution >= 0.6 is 0 Å². The van der Waals surface area contributed by atoms with Crippen LogP contribution in [-0.2, 0) is 6.54 Å². The van der Waals surface area contributed by atoms with Crippen molar-refractivity contribution in [2.24, 2.45) is 0 Å². The number of nitrogens with zero attached hydrogens (tertiary/aromatic N) is 5. The second-order valence-corrected chi connectivity index (χ2v) is 3.98. The first-order chi connectivity index (χ1) is 9.36. The van der Waals surface area contributed by atoms with E-state index in [2.05, 4.69) is 25.3 Å². The van der Waals surface area contributed by atoms with E-state index in [4.69, 9.17) is 4.74 Å². The summed E-state index contributed by atoms with van der Waals surface area (Å²) in [4.78, 5) is 8.22. The van der Waals surface area contributed by atoms with E-state index in [0.717, 1.165) is 16.7 Å². The number of aromatic amines is 1. The van der Waals surface area contributed by atoms with Crippen molar-refractivity contribution in [2.45, 2.75) is 6.54 Å². The minimum atomic E-state index is 0.573. The third kappa shape index (κ3) is 2.30. The Hall–Kier alpha value is -2.70. The predicted octanol–water partition coefficient (Wildman–Crippen LogP) is 1.12. The van der Waals surface area contributed by atoms with Crippen LogP contribution in [0.25, 0.3) is 11.1 Å². The summed E-state index contributed by atoms with van der Waals surface area (Å²) in [5, 5.41) is 10.8. The van der Waals surface area contributed by atoms with Crippen molar-refractivity contribution in [1.29, 1.82) is 0 Å². The maximum absolute atomic E-state index is 5.27. The Balaban J connectivity index is 1.97. The van der Waals surface area contributed by atoms with Crippen LogP contribution in [0.1, 0.15) is 5.56 Å². The molecule has 0 radical (unpaired) electrons. The predicted molar refractivity (Wildman–Crippen MR) is 67.5 cm³/mol. The molecule has 3 aromatic rings. The molecule has 7 heteroatoms. The molecule has 0 spiro atoms. The Kier molecular flexibility index (Phi) is 2.93. The number of methoxy groups -OCH3 is 1. The van der Waals surface area contributed by atoms with Gasteiger partial charge in [-0.1, -0.05) is 0 Å². The maximum atomic E-state index is 5.27. The van der Waals surface area contributed by atoms with Gasteiger partial charge in [-0.3, -0.25) is 5.10 Å². The quantitative estimate of drug-likeness (QED) is 0.756. The largest absolute Gasteiger partial charge is 0.481 e. The van der Waals surface area contributed by atoms with E-state index in [0.29, 0.717) is 12.4 Å². The number of ether oxygens (including phenoxy) is 1. The molecule has 19 heavy (non-hydrogen) atoms. The summed E-state index contributed by atoms with van der Waals surface area (Å²) in [5.74, 6) is 0.573. The molecule has 0 amide bonds. The number of nitrogens with one attached hydrogen (secondary N) is 1. The number of pyridine rings is 1. The monoisotopic (exact) mass is 256 g/mol. The van der Waals surface area contributed by atoms with Gasteiger partial charge in [-0.15, -0.1) is 0 Å². The van der Waals surface area contributed by atoms with E-state index in [-0.39, 0.29) is 0 Å². The molecule has 0 aromatic carbocycles. The van der Waals surface area contributed by atoms with Crippen LogP contribution < -0.4 is 4.74 Å². The van der Waals surface area contributed by atoms with Gasteiger partial charge in [0.05, 0.1) is 19.9 Å². The highest BCUT2D eigenvalue weighted by Crippen LogP contribution is 2.27. The third-order valence-electron chi connectivity index (χ3n) is 2.72. The zero-order chi connectivity index (χ0) is 13.1. The molecular weight excluding hydrogens is 244 g/mol. The number of H-pyrrole nitrogens is 1. The average Bonchev–Trinajstić information content (AvgIpc) is 3.11. The summed E-state index contributed by atoms with van der Waals surface area (Å²) in [7, 11) is 1.60. The van der Waals surface area contributed by atoms with Crippen LogP contribution in [0, 0.1) is 0 Å². The molecule has 0 atom stereocenters. The highest BCUT2D eigenvalue weighted by atomic mass is 16.5. The lowest BCUT2D eigenvalue weighted by atomic mass is 10.1. The van der Waals surface area contributed by atoms with Gasteiger partial charge in [-0.2, -0.15) is 10.2 Å². The molecule has 0 bridgehead atoms. The Bertz CT molecular complexity index is 647. The van der Waals surface area contributed by atoms with E-state index >= 15 is 0 Å². The van der Waals surface area contributed by atoms with Crippen LogP contribution in [0.5, 0.6) is 5.88 Å². The molecule has 3 aromatic heterocycles. The van der Waals surface area contributed by atoms with E-state index < -0.39 is 0 Å². The van der Waals surface area contributed by atoms with Crippen molar-refractivity contribution in [3.63, 3.8) is 0 Å². The summed E-state index contributed by atoms with van der Waals surface area (Å²) < 4.78 is 7.01. The summed E-state index contributed by atoms with van der Waals surface area (Å²) >= 11 is 0. The van der Waals surface area contributed by atoms with E-state index in [1.165, 1.54) is 6.33 Å². The molecule has 0 fully saturated rings. The van der Waals surface area contributed by atoms with Gasteiger partial charge < -0.3 is 4.74 Å². The fourth-order valence-electron chi connectivity index (χ4n) is 1.85. The van der Waals surface area contributed by atoms with Crippen LogP contribution in [0.3, 0.4) is 0 Å². The van der Waals surface area contributed by atoms with Gasteiger partial charge in [0.2, 0.25) is 5.88 Å². The molecule has 0 aliphatic heterocycles. The Morgan fingerprint density at radius 2 is 2.32 bits per heavy atom. The minimum Gasteiger partial charge on any atom is -0.481 e. The van der Waals surface area contributed by atoms with Crippen molar-refractivity contribution in [3.8, 4) is 17.0 Å². The van der Waals surface area contributed by atoms with Gasteiger partial charge in [-0.25, -0.2) is 14.6 Å². The van der Waals surface area contributed by atoms with Gasteiger partial charge >= 0.3 is 0 Å². The average molecular weight is 256 g/mol. The normalized spacial score (nSPS) is 10.6. The lowest BCUT2D eigenvalue weighted by Crippen LogP contribution is -2.02. The highest BCUT2D eigenvalue weighted by molar-refractivity contribution is 5.67. The number of aromatic nitrogens is 6. The van der Waals surface area contributed by atoms with Crippen molar-refractivity contribution < 1.29 is 4.74 Å². The van der Waals surface area contributed by atoms with Crippen molar-refractivity contribution in [2.75, 3.05) is 7.11 Å². The topological polar surface area (TPSA) is 81.5 Å². The van der Waals surface area contributed by atoms with Crippen molar-refractivity contribution in [3.05, 3.63) is 42.9 Å². The van der Waals surface area contributed by atoms with E-state index in [1.54, 1.807) is 36.7 Å². The number of rotatable bonds is 4. The first kappa shape index (κ1) is 11.4. The van der Waals surface area contributed by atoms with Gasteiger partial charge in [0.15, 0.2) is 0 Å². The lowest BCUT2D eigenvalue weighted by molar-refractivity contribution is 0.399. The maximum Gasteiger partial charge on any atom is 0.221 e. The Labute approximate surface area is 109 Å². The summed E-state index contributed by atoms with van der Waals surface area (Å²) in [6.07, 6.45) is 8.48. The van der Waals surface area contributed by atoms with Gasteiger partial charge in [0.25, 0.3) is 0 Å². The SMILES string of the molecule is COc1ncc(Cn2cncn2)cc1-c1cn[nH]c1. The molecule has 1 N–H and O–H groups in total. The molecule has 7 nitrogen and oxygen atoms in total. The second kappa shape index (κ2) is 4.89. The zero-order valence-corrected chi connectivity index (χ0v) is 10.3. The fraction of sp³-hybridized carbons (Fsp3) is 0.167. The van der Waals surface area contributed by atoms with E-state index in [1.807, 2.05) is 6.07 Å². The first-order valence-corrected chi connectivity index (χ1v) is 5.71. The molecule has 0 aliphatic carbocycles. The van der Waals surface area contributed by atoms with Crippen molar-refractivity contribution in [1.82, 2.24) is 29.9 Å². The van der Waals surface area contributed by atoms with Crippen molar-refractivity contribution >= 4 is 0 Å². The summed E-state index contributed by atoms with van der Waals surface area (Å²) in [5.41, 5.74) is 2.85. The number of hydrogen-bond acceptors (Lipinski definition) is 5. The van der Waals surface area contributed by atoms with Crippen LogP contribution in [0.4, 0.5) is 0 Å². The molecule has 3 heterocycles. The van der Waals surface area contributed by atoms with E-state index in [9.17, 15) is 0 Å². The molecule has 0 unspecified atom stereocenters. The Morgan fingerprint density at radius 1 is 1.37 bits per heavy atom. The fourth-order valence-corrected chi connectivity index (χ4v) is 1.85. The highest BCUT2D eigenvalue weighted by Gasteiger charge is 2.10. The smallest absolute Gasteiger partial charge is 0.221 e. The summed E-state index contributed by atoms with van der Waals surface area (Å²) in [6, 6.07) is 2.01. The minimum absolute atomic E-state index is 0.573. The third-order valence-corrected chi connectivity index (χ3v) is 2.72. The number of hydrogen-bond donors (Lipinski definition) is 1. The van der Waals surface area contributed by atoms with Gasteiger partial charge in [0, 0.05) is 23.5 Å². The second-order valence-electron chi connectivity index (χ2n) is 3.98. The molecule has 0 saturated heterocycles.